The molecule has 0 radical (unpaired) electrons. The number of benzene rings is 1. The number of carbonyl (C=O) groups is 2. The highest BCUT2D eigenvalue weighted by molar-refractivity contribution is 7.17. The van der Waals surface area contributed by atoms with Crippen LogP contribution >= 0.6 is 11.3 Å². The van der Waals surface area contributed by atoms with E-state index in [0.29, 0.717) is 22.6 Å². The number of nitrogens with zero attached hydrogens (tertiary/aromatic N) is 3. The van der Waals surface area contributed by atoms with E-state index in [0.717, 1.165) is 40.9 Å². The number of fused-ring (bicyclic) bond motifs is 2. The molecule has 0 saturated carbocycles. The molecule has 3 heterocycles. The first kappa shape index (κ1) is 20.2. The van der Waals surface area contributed by atoms with Crippen LogP contribution in [0.1, 0.15) is 38.4 Å². The van der Waals surface area contributed by atoms with Crippen LogP contribution in [-0.2, 0) is 19.9 Å². The summed E-state index contributed by atoms with van der Waals surface area (Å²) in [4.78, 5) is 29.8. The minimum absolute atomic E-state index is 0.253. The summed E-state index contributed by atoms with van der Waals surface area (Å²) in [6.45, 7) is 0. The van der Waals surface area contributed by atoms with Crippen molar-refractivity contribution in [3.63, 3.8) is 0 Å². The Labute approximate surface area is 188 Å². The number of hydrogen-bond acceptors (Lipinski definition) is 6. The van der Waals surface area contributed by atoms with Gasteiger partial charge in [-0.05, 0) is 31.4 Å². The fourth-order valence-corrected chi connectivity index (χ4v) is 5.00. The van der Waals surface area contributed by atoms with Crippen LogP contribution in [0, 0.1) is 0 Å². The van der Waals surface area contributed by atoms with E-state index in [4.69, 9.17) is 0 Å². The Morgan fingerprint density at radius 3 is 2.84 bits per heavy atom. The predicted molar refractivity (Wildman–Crippen MR) is 126 cm³/mol. The lowest BCUT2D eigenvalue weighted by Gasteiger charge is -2.14. The molecular formula is C23H22N6O2S. The van der Waals surface area contributed by atoms with Crippen molar-refractivity contribution in [3.8, 4) is 0 Å². The first-order valence-corrected chi connectivity index (χ1v) is 11.2. The highest BCUT2D eigenvalue weighted by atomic mass is 32.1. The smallest absolute Gasteiger partial charge is 0.257 e. The van der Waals surface area contributed by atoms with Crippen LogP contribution in [0.15, 0.2) is 41.9 Å². The molecule has 3 N–H and O–H groups in total. The third kappa shape index (κ3) is 3.50. The summed E-state index contributed by atoms with van der Waals surface area (Å²) in [6.07, 6.45) is 4.48. The van der Waals surface area contributed by atoms with Crippen LogP contribution in [0.3, 0.4) is 0 Å². The molecule has 0 bridgehead atoms. The summed E-state index contributed by atoms with van der Waals surface area (Å²) in [5.41, 5.74) is 3.64. The minimum atomic E-state index is -0.276. The molecule has 2 amide bonds. The quantitative estimate of drug-likeness (QED) is 0.432. The lowest BCUT2D eigenvalue weighted by atomic mass is 10.1. The number of amides is 2. The van der Waals surface area contributed by atoms with Crippen LogP contribution in [0.5, 0.6) is 0 Å². The molecule has 0 atom stereocenters. The number of pyridine rings is 1. The summed E-state index contributed by atoms with van der Waals surface area (Å²) < 4.78 is 2.84. The van der Waals surface area contributed by atoms with Gasteiger partial charge < -0.3 is 16.0 Å². The van der Waals surface area contributed by atoms with E-state index in [9.17, 15) is 9.59 Å². The third-order valence-corrected chi connectivity index (χ3v) is 6.62. The average Bonchev–Trinajstić information content (AvgIpc) is 3.50. The third-order valence-electron chi connectivity index (χ3n) is 5.66. The van der Waals surface area contributed by atoms with Gasteiger partial charge in [-0.1, -0.05) is 18.2 Å². The highest BCUT2D eigenvalue weighted by Gasteiger charge is 2.23. The number of rotatable bonds is 5. The number of hydrogen-bond donors (Lipinski definition) is 3. The van der Waals surface area contributed by atoms with Gasteiger partial charge in [-0.3, -0.25) is 14.3 Å². The van der Waals surface area contributed by atoms with Gasteiger partial charge in [0, 0.05) is 41.3 Å². The maximum atomic E-state index is 13.2. The highest BCUT2D eigenvalue weighted by Crippen LogP contribution is 2.33. The number of aromatic nitrogens is 3. The van der Waals surface area contributed by atoms with Gasteiger partial charge in [-0.15, -0.1) is 11.3 Å². The summed E-state index contributed by atoms with van der Waals surface area (Å²) in [6, 6.07) is 9.41. The van der Waals surface area contributed by atoms with E-state index in [-0.39, 0.29) is 11.8 Å². The molecule has 3 aromatic heterocycles. The van der Waals surface area contributed by atoms with Crippen molar-refractivity contribution in [1.29, 1.82) is 0 Å². The van der Waals surface area contributed by atoms with Gasteiger partial charge in [0.2, 0.25) is 0 Å². The Balaban J connectivity index is 1.52. The largest absolute Gasteiger partial charge is 0.355 e. The Morgan fingerprint density at radius 1 is 1.16 bits per heavy atom. The zero-order chi connectivity index (χ0) is 22.2. The van der Waals surface area contributed by atoms with Crippen LogP contribution in [0.25, 0.3) is 10.1 Å². The molecular weight excluding hydrogens is 424 g/mol. The van der Waals surface area contributed by atoms with E-state index in [2.05, 4.69) is 26.0 Å². The van der Waals surface area contributed by atoms with Crippen molar-refractivity contribution in [3.05, 3.63) is 64.3 Å². The van der Waals surface area contributed by atoms with Crippen molar-refractivity contribution in [1.82, 2.24) is 20.1 Å². The summed E-state index contributed by atoms with van der Waals surface area (Å²) in [7, 11) is 3.44. The molecule has 32 heavy (non-hydrogen) atoms. The molecule has 1 aliphatic rings. The molecule has 0 fully saturated rings. The Bertz CT molecular complexity index is 1360. The molecule has 1 aromatic carbocycles. The number of carbonyl (C=O) groups excluding carboxylic acids is 2. The summed E-state index contributed by atoms with van der Waals surface area (Å²) >= 11 is 1.52. The second kappa shape index (κ2) is 8.08. The van der Waals surface area contributed by atoms with E-state index in [1.165, 1.54) is 23.1 Å². The first-order valence-electron chi connectivity index (χ1n) is 10.4. The van der Waals surface area contributed by atoms with Crippen LogP contribution in [-0.4, -0.2) is 33.6 Å². The van der Waals surface area contributed by atoms with Crippen LogP contribution in [0.4, 0.5) is 17.3 Å². The number of anilines is 3. The van der Waals surface area contributed by atoms with Crippen molar-refractivity contribution in [2.24, 2.45) is 7.05 Å². The van der Waals surface area contributed by atoms with Gasteiger partial charge in [0.25, 0.3) is 11.8 Å². The molecule has 1 aliphatic carbocycles. The molecule has 0 spiro atoms. The fraction of sp³-hybridized carbons (Fsp3) is 0.217. The molecule has 8 nitrogen and oxygen atoms in total. The monoisotopic (exact) mass is 446 g/mol. The Kier molecular flexibility index (Phi) is 5.10. The second-order valence-corrected chi connectivity index (χ2v) is 8.59. The first-order chi connectivity index (χ1) is 15.5. The maximum Gasteiger partial charge on any atom is 0.257 e. The zero-order valence-corrected chi connectivity index (χ0v) is 18.5. The number of thiophene rings is 1. The number of nitrogens with one attached hydrogen (secondary N) is 3. The molecule has 0 unspecified atom stereocenters. The molecule has 5 rings (SSSR count). The van der Waals surface area contributed by atoms with Crippen molar-refractivity contribution < 1.29 is 9.59 Å². The fourth-order valence-electron chi connectivity index (χ4n) is 4.06. The van der Waals surface area contributed by atoms with Gasteiger partial charge in [-0.2, -0.15) is 5.10 Å². The lowest BCUT2D eigenvalue weighted by molar-refractivity contribution is 0.0961. The summed E-state index contributed by atoms with van der Waals surface area (Å²) in [5.74, 6) is 0.788. The van der Waals surface area contributed by atoms with Gasteiger partial charge in [0.1, 0.15) is 5.82 Å². The normalized spacial score (nSPS) is 12.6. The van der Waals surface area contributed by atoms with Crippen LogP contribution < -0.4 is 16.0 Å². The van der Waals surface area contributed by atoms with Gasteiger partial charge in [-0.25, -0.2) is 4.98 Å². The SMILES string of the molecule is CNC(=O)c1cnc(Nc2c3c(nn2C)CCC3)c(NC(=O)c2csc3ccccc23)c1. The zero-order valence-electron chi connectivity index (χ0n) is 17.7. The van der Waals surface area contributed by atoms with E-state index >= 15 is 0 Å². The number of aryl methyl sites for hydroxylation is 2. The molecule has 9 heteroatoms. The molecule has 4 aromatic rings. The Hall–Kier alpha value is -3.72. The second-order valence-electron chi connectivity index (χ2n) is 7.67. The maximum absolute atomic E-state index is 13.2. The van der Waals surface area contributed by atoms with Gasteiger partial charge >= 0.3 is 0 Å². The molecule has 162 valence electrons. The van der Waals surface area contributed by atoms with Gasteiger partial charge in [0.05, 0.1) is 22.5 Å². The van der Waals surface area contributed by atoms with Crippen LogP contribution in [0.2, 0.25) is 0 Å². The average molecular weight is 447 g/mol. The van der Waals surface area contributed by atoms with E-state index in [1.54, 1.807) is 17.8 Å². The lowest BCUT2D eigenvalue weighted by Crippen LogP contribution is -2.20. The predicted octanol–water partition coefficient (Wildman–Crippen LogP) is 3.87. The van der Waals surface area contributed by atoms with Crippen molar-refractivity contribution >= 4 is 50.6 Å². The minimum Gasteiger partial charge on any atom is -0.355 e. The summed E-state index contributed by atoms with van der Waals surface area (Å²) in [5, 5.41) is 16.2. The molecule has 0 aliphatic heterocycles. The van der Waals surface area contributed by atoms with Gasteiger partial charge in [0.15, 0.2) is 5.82 Å². The van der Waals surface area contributed by atoms with Crippen molar-refractivity contribution in [2.75, 3.05) is 17.7 Å². The topological polar surface area (TPSA) is 101 Å². The van der Waals surface area contributed by atoms with E-state index < -0.39 is 0 Å². The standard InChI is InChI=1S/C23H22N6O2S/c1-24-22(30)13-10-18(26-23(31)16-12-32-19-9-4-3-6-14(16)19)20(25-11-13)27-21-15-7-5-8-17(15)28-29(21)2/h3-4,6,9-12H,5,7-8H2,1-2H3,(H,24,30)(H,25,27)(H,26,31). The Morgan fingerprint density at radius 2 is 2.00 bits per heavy atom. The van der Waals surface area contributed by atoms with E-state index in [1.807, 2.05) is 36.7 Å². The van der Waals surface area contributed by atoms with Crippen molar-refractivity contribution in [2.45, 2.75) is 19.3 Å². The molecule has 0 saturated heterocycles.